The van der Waals surface area contributed by atoms with Crippen molar-refractivity contribution in [1.29, 1.82) is 0 Å². The predicted octanol–water partition coefficient (Wildman–Crippen LogP) is 2.73. The summed E-state index contributed by atoms with van der Waals surface area (Å²) in [5, 5.41) is 4.11. The van der Waals surface area contributed by atoms with Gasteiger partial charge in [0.15, 0.2) is 0 Å². The molecule has 27 heavy (non-hydrogen) atoms. The summed E-state index contributed by atoms with van der Waals surface area (Å²) >= 11 is -2.18. The summed E-state index contributed by atoms with van der Waals surface area (Å²) in [5.41, 5.74) is 2.36. The number of aromatic nitrogens is 2. The molecule has 136 valence electrons. The summed E-state index contributed by atoms with van der Waals surface area (Å²) in [4.78, 5) is 12.9. The van der Waals surface area contributed by atoms with Crippen LogP contribution in [0.3, 0.4) is 0 Å². The van der Waals surface area contributed by atoms with Crippen LogP contribution in [0.25, 0.3) is 22.3 Å². The Balaban J connectivity index is 2.16. The van der Waals surface area contributed by atoms with Gasteiger partial charge in [0.25, 0.3) is 5.56 Å². The van der Waals surface area contributed by atoms with Crippen molar-refractivity contribution < 1.29 is 13.2 Å². The number of rotatable bonds is 5. The Labute approximate surface area is 157 Å². The summed E-state index contributed by atoms with van der Waals surface area (Å²) < 4.78 is 36.1. The number of terminal acetylenes is 1. The minimum absolute atomic E-state index is 0.0154. The Kier molecular flexibility index (Phi) is 5.60. The van der Waals surface area contributed by atoms with Crippen molar-refractivity contribution in [2.24, 2.45) is 0 Å². The molecule has 1 heterocycles. The Hall–Kier alpha value is -3.08. The van der Waals surface area contributed by atoms with Crippen molar-refractivity contribution in [1.82, 2.24) is 9.78 Å². The maximum atomic E-state index is 13.3. The lowest BCUT2D eigenvalue weighted by Gasteiger charge is -2.12. The fourth-order valence-electron chi connectivity index (χ4n) is 2.72. The molecule has 3 rings (SSSR count). The third-order valence-corrected chi connectivity index (χ3v) is 4.54. The second-order valence-corrected chi connectivity index (χ2v) is 6.65. The van der Waals surface area contributed by atoms with Crippen molar-refractivity contribution in [3.8, 4) is 34.6 Å². The van der Waals surface area contributed by atoms with E-state index >= 15 is 0 Å². The molecule has 1 atom stereocenters. The van der Waals surface area contributed by atoms with Gasteiger partial charge in [0, 0.05) is 11.3 Å². The number of hydrogen-bond acceptors (Lipinski definition) is 4. The molecule has 0 N–H and O–H groups in total. The van der Waals surface area contributed by atoms with Crippen LogP contribution in [0.5, 0.6) is 0 Å². The lowest BCUT2D eigenvalue weighted by atomic mass is 9.96. The summed E-state index contributed by atoms with van der Waals surface area (Å²) in [5.74, 6) is 1.88. The van der Waals surface area contributed by atoms with E-state index in [1.54, 1.807) is 24.3 Å². The second-order valence-electron chi connectivity index (χ2n) is 5.75. The molecule has 2 aromatic carbocycles. The zero-order chi connectivity index (χ0) is 19.4. The first-order valence-electron chi connectivity index (χ1n) is 7.94. The first-order chi connectivity index (χ1) is 13.0. The van der Waals surface area contributed by atoms with Crippen LogP contribution < -0.4 is 5.56 Å². The molecule has 0 bridgehead atoms. The molecule has 0 amide bonds. The molecule has 0 spiro atoms. The maximum Gasteiger partial charge on any atom is 0.276 e. The molecule has 1 aromatic heterocycles. The Morgan fingerprint density at radius 1 is 1.11 bits per heavy atom. The van der Waals surface area contributed by atoms with Gasteiger partial charge in [-0.25, -0.2) is 9.07 Å². The van der Waals surface area contributed by atoms with Crippen LogP contribution >= 0.6 is 0 Å². The van der Waals surface area contributed by atoms with Crippen LogP contribution in [-0.4, -0.2) is 18.5 Å². The smallest absolute Gasteiger partial charge is 0.276 e. The van der Waals surface area contributed by atoms with E-state index in [1.165, 1.54) is 30.5 Å². The minimum Gasteiger partial charge on any atom is -0.772 e. The van der Waals surface area contributed by atoms with Crippen LogP contribution in [-0.2, 0) is 23.4 Å². The van der Waals surface area contributed by atoms with E-state index in [-0.39, 0.29) is 17.9 Å². The van der Waals surface area contributed by atoms with Crippen LogP contribution in [0.4, 0.5) is 4.39 Å². The fourth-order valence-corrected chi connectivity index (χ4v) is 3.18. The zero-order valence-electron chi connectivity index (χ0n) is 14.1. The van der Waals surface area contributed by atoms with Crippen LogP contribution in [0.1, 0.15) is 5.56 Å². The van der Waals surface area contributed by atoms with Gasteiger partial charge in [-0.1, -0.05) is 53.4 Å². The van der Waals surface area contributed by atoms with Crippen LogP contribution in [0.15, 0.2) is 59.5 Å². The Bertz CT molecular complexity index is 1080. The van der Waals surface area contributed by atoms with Gasteiger partial charge in [0.2, 0.25) is 0 Å². The topological polar surface area (TPSA) is 75.0 Å². The average molecular weight is 381 g/mol. The molecule has 5 nitrogen and oxygen atoms in total. The van der Waals surface area contributed by atoms with Gasteiger partial charge in [0.05, 0.1) is 11.8 Å². The van der Waals surface area contributed by atoms with Gasteiger partial charge in [-0.2, -0.15) is 5.10 Å². The Morgan fingerprint density at radius 2 is 1.74 bits per heavy atom. The molecule has 0 radical (unpaired) electrons. The first-order valence-corrected chi connectivity index (χ1v) is 9.18. The molecule has 0 aliphatic heterocycles. The van der Waals surface area contributed by atoms with Crippen molar-refractivity contribution in [2.45, 2.75) is 12.3 Å². The van der Waals surface area contributed by atoms with E-state index in [4.69, 9.17) is 6.42 Å². The molecule has 0 aliphatic rings. The highest BCUT2D eigenvalue weighted by Crippen LogP contribution is 2.29. The van der Waals surface area contributed by atoms with Gasteiger partial charge in [-0.15, -0.1) is 6.42 Å². The van der Waals surface area contributed by atoms with Gasteiger partial charge in [-0.3, -0.25) is 9.00 Å². The first kappa shape index (κ1) is 18.7. The molecule has 0 saturated carbocycles. The number of nitrogens with zero attached hydrogens (tertiary/aromatic N) is 2. The molecule has 1 unspecified atom stereocenters. The number of benzene rings is 2. The number of halogens is 1. The quantitative estimate of drug-likeness (QED) is 0.503. The van der Waals surface area contributed by atoms with Crippen molar-refractivity contribution in [3.63, 3.8) is 0 Å². The number of hydrogen-bond donors (Lipinski definition) is 0. The molecular formula is C20H14FN2O3S-. The molecule has 0 fully saturated rings. The largest absolute Gasteiger partial charge is 0.772 e. The second kappa shape index (κ2) is 8.08. The van der Waals surface area contributed by atoms with Gasteiger partial charge in [-0.05, 0) is 28.8 Å². The third-order valence-electron chi connectivity index (χ3n) is 3.97. The standard InChI is InChI=1S/C20H15FN2O3S/c1-2-11-23-20(24)19(16-7-9-17(21)10-8-16)18(12-22-23)15-5-3-14(4-6-15)13-27(25)26/h1,3-10,12H,11,13H2,(H,25,26)/p-1. The van der Waals surface area contributed by atoms with Crippen molar-refractivity contribution in [2.75, 3.05) is 0 Å². The van der Waals surface area contributed by atoms with E-state index < -0.39 is 16.9 Å². The van der Waals surface area contributed by atoms with Crippen molar-refractivity contribution >= 4 is 11.1 Å². The van der Waals surface area contributed by atoms with E-state index in [2.05, 4.69) is 11.0 Å². The highest BCUT2D eigenvalue weighted by Gasteiger charge is 2.15. The molecule has 7 heteroatoms. The van der Waals surface area contributed by atoms with Gasteiger partial charge >= 0.3 is 0 Å². The normalized spacial score (nSPS) is 11.7. The van der Waals surface area contributed by atoms with E-state index in [1.807, 2.05) is 0 Å². The third kappa shape index (κ3) is 4.19. The molecule has 0 aliphatic carbocycles. The van der Waals surface area contributed by atoms with E-state index in [0.29, 0.717) is 27.8 Å². The average Bonchev–Trinajstić information content (AvgIpc) is 2.65. The lowest BCUT2D eigenvalue weighted by Crippen LogP contribution is -2.24. The zero-order valence-corrected chi connectivity index (χ0v) is 14.9. The molecular weight excluding hydrogens is 367 g/mol. The predicted molar refractivity (Wildman–Crippen MR) is 101 cm³/mol. The van der Waals surface area contributed by atoms with E-state index in [0.717, 1.165) is 4.68 Å². The summed E-state index contributed by atoms with van der Waals surface area (Å²) in [6.07, 6.45) is 6.82. The fraction of sp³-hybridized carbons (Fsp3) is 0.100. The SMILES string of the molecule is C#CCn1ncc(-c2ccc(CS(=O)[O-])cc2)c(-c2ccc(F)cc2)c1=O. The Morgan fingerprint density at radius 3 is 2.33 bits per heavy atom. The summed E-state index contributed by atoms with van der Waals surface area (Å²) in [6.45, 7) is 0.0154. The van der Waals surface area contributed by atoms with Crippen molar-refractivity contribution in [3.05, 3.63) is 76.5 Å². The van der Waals surface area contributed by atoms with Crippen LogP contribution in [0.2, 0.25) is 0 Å². The molecule has 0 saturated heterocycles. The summed E-state index contributed by atoms with van der Waals surface area (Å²) in [6, 6.07) is 12.4. The van der Waals surface area contributed by atoms with Crippen LogP contribution in [0, 0.1) is 18.2 Å². The highest BCUT2D eigenvalue weighted by atomic mass is 32.2. The minimum atomic E-state index is -2.18. The molecule has 3 aromatic rings. The highest BCUT2D eigenvalue weighted by molar-refractivity contribution is 7.78. The summed E-state index contributed by atoms with van der Waals surface area (Å²) in [7, 11) is 0. The van der Waals surface area contributed by atoms with Gasteiger partial charge < -0.3 is 4.55 Å². The van der Waals surface area contributed by atoms with E-state index in [9.17, 15) is 17.9 Å². The van der Waals surface area contributed by atoms with Gasteiger partial charge in [0.1, 0.15) is 12.4 Å². The monoisotopic (exact) mass is 381 g/mol. The maximum absolute atomic E-state index is 13.3. The lowest BCUT2D eigenvalue weighted by molar-refractivity contribution is 0.536.